The minimum atomic E-state index is 0.322. The molecule has 0 fully saturated rings. The first kappa shape index (κ1) is 11.1. The van der Waals surface area contributed by atoms with Gasteiger partial charge in [0.05, 0.1) is 11.0 Å². The molecule has 0 unspecified atom stereocenters. The van der Waals surface area contributed by atoms with Gasteiger partial charge in [-0.3, -0.25) is 9.97 Å². The Morgan fingerprint density at radius 1 is 0.647 bits per heavy atom. The van der Waals surface area contributed by atoms with E-state index in [0.29, 0.717) is 5.75 Å². The molecule has 0 spiro atoms. The molecule has 0 bridgehead atoms. The third-order valence-corrected chi connectivity index (χ3v) is 2.13. The average Bonchev–Trinajstić information content (AvgIpc) is 2.41. The molecule has 0 aliphatic carbocycles. The van der Waals surface area contributed by atoms with Gasteiger partial charge in [-0.25, -0.2) is 0 Å². The molecule has 3 aromatic rings. The fraction of sp³-hybridized carbons (Fsp3) is 0. The lowest BCUT2D eigenvalue weighted by Crippen LogP contribution is -1.78. The maximum Gasteiger partial charge on any atom is 0.115 e. The summed E-state index contributed by atoms with van der Waals surface area (Å²) in [5.74, 6) is 0.322. The zero-order chi connectivity index (χ0) is 11.9. The van der Waals surface area contributed by atoms with E-state index in [2.05, 4.69) is 9.97 Å². The lowest BCUT2D eigenvalue weighted by atomic mass is 10.3. The van der Waals surface area contributed by atoms with Crippen LogP contribution in [0.1, 0.15) is 0 Å². The summed E-state index contributed by atoms with van der Waals surface area (Å²) in [4.78, 5) is 8.24. The summed E-state index contributed by atoms with van der Waals surface area (Å²) < 4.78 is 0. The van der Waals surface area contributed by atoms with Gasteiger partial charge in [-0.1, -0.05) is 18.2 Å². The molecule has 0 atom stereocenters. The molecular formula is C14H12N2O. The number of hydrogen-bond acceptors (Lipinski definition) is 3. The molecule has 1 N–H and O–H groups in total. The van der Waals surface area contributed by atoms with Gasteiger partial charge in [0, 0.05) is 12.4 Å². The molecule has 0 saturated carbocycles. The first-order valence-corrected chi connectivity index (χ1v) is 5.26. The number of nitrogens with zero attached hydrogens (tertiary/aromatic N) is 2. The van der Waals surface area contributed by atoms with Crippen LogP contribution in [0.4, 0.5) is 0 Å². The summed E-state index contributed by atoms with van der Waals surface area (Å²) in [5.41, 5.74) is 1.90. The summed E-state index contributed by atoms with van der Waals surface area (Å²) >= 11 is 0. The van der Waals surface area contributed by atoms with E-state index in [1.54, 1.807) is 36.7 Å². The Morgan fingerprint density at radius 2 is 1.18 bits per heavy atom. The maximum absolute atomic E-state index is 8.63. The second kappa shape index (κ2) is 5.61. The maximum atomic E-state index is 8.63. The SMILES string of the molecule is Oc1ccccc1.c1cnc2cccnc2c1. The van der Waals surface area contributed by atoms with Gasteiger partial charge in [-0.2, -0.15) is 0 Å². The summed E-state index contributed by atoms with van der Waals surface area (Å²) in [6.45, 7) is 0. The van der Waals surface area contributed by atoms with E-state index >= 15 is 0 Å². The molecule has 0 aliphatic heterocycles. The van der Waals surface area contributed by atoms with Crippen LogP contribution in [0.2, 0.25) is 0 Å². The molecule has 0 amide bonds. The highest BCUT2D eigenvalue weighted by Gasteiger charge is 1.88. The van der Waals surface area contributed by atoms with Crippen LogP contribution in [0.15, 0.2) is 67.0 Å². The smallest absolute Gasteiger partial charge is 0.115 e. The number of aromatic hydroxyl groups is 1. The van der Waals surface area contributed by atoms with E-state index in [4.69, 9.17) is 5.11 Å². The monoisotopic (exact) mass is 224 g/mol. The Morgan fingerprint density at radius 3 is 1.59 bits per heavy atom. The summed E-state index contributed by atoms with van der Waals surface area (Å²) in [6.07, 6.45) is 3.54. The zero-order valence-electron chi connectivity index (χ0n) is 9.19. The topological polar surface area (TPSA) is 46.0 Å². The molecule has 84 valence electrons. The van der Waals surface area contributed by atoms with E-state index in [9.17, 15) is 0 Å². The lowest BCUT2D eigenvalue weighted by molar-refractivity contribution is 0.475. The van der Waals surface area contributed by atoms with Gasteiger partial charge >= 0.3 is 0 Å². The lowest BCUT2D eigenvalue weighted by Gasteiger charge is -1.90. The molecule has 3 nitrogen and oxygen atoms in total. The minimum Gasteiger partial charge on any atom is -0.508 e. The molecule has 1 aromatic carbocycles. The van der Waals surface area contributed by atoms with E-state index in [0.717, 1.165) is 11.0 Å². The number of phenolic OH excluding ortho intramolecular Hbond substituents is 1. The minimum absolute atomic E-state index is 0.322. The Balaban J connectivity index is 0.000000136. The molecule has 3 rings (SSSR count). The highest BCUT2D eigenvalue weighted by atomic mass is 16.3. The molecule has 17 heavy (non-hydrogen) atoms. The van der Waals surface area contributed by atoms with Crippen LogP contribution in [0, 0.1) is 0 Å². The van der Waals surface area contributed by atoms with Gasteiger partial charge < -0.3 is 5.11 Å². The van der Waals surface area contributed by atoms with E-state index in [1.165, 1.54) is 0 Å². The summed E-state index contributed by atoms with van der Waals surface area (Å²) in [6, 6.07) is 16.4. The number of fused-ring (bicyclic) bond motifs is 1. The first-order chi connectivity index (χ1) is 8.36. The summed E-state index contributed by atoms with van der Waals surface area (Å²) in [7, 11) is 0. The van der Waals surface area contributed by atoms with Crippen LogP contribution >= 0.6 is 0 Å². The van der Waals surface area contributed by atoms with E-state index in [1.807, 2.05) is 30.3 Å². The van der Waals surface area contributed by atoms with Crippen LogP contribution < -0.4 is 0 Å². The van der Waals surface area contributed by atoms with E-state index < -0.39 is 0 Å². The van der Waals surface area contributed by atoms with Crippen molar-refractivity contribution in [1.82, 2.24) is 9.97 Å². The number of aromatic nitrogens is 2. The summed E-state index contributed by atoms with van der Waals surface area (Å²) in [5, 5.41) is 8.63. The quantitative estimate of drug-likeness (QED) is 0.638. The van der Waals surface area contributed by atoms with Crippen molar-refractivity contribution < 1.29 is 5.11 Å². The number of para-hydroxylation sites is 1. The van der Waals surface area contributed by atoms with Crippen LogP contribution in [0.25, 0.3) is 11.0 Å². The van der Waals surface area contributed by atoms with Crippen molar-refractivity contribution in [2.24, 2.45) is 0 Å². The van der Waals surface area contributed by atoms with Crippen molar-refractivity contribution in [3.05, 3.63) is 67.0 Å². The Bertz CT molecular complexity index is 516. The molecule has 0 saturated heterocycles. The average molecular weight is 224 g/mol. The van der Waals surface area contributed by atoms with Crippen molar-refractivity contribution in [3.63, 3.8) is 0 Å². The molecule has 2 aromatic heterocycles. The van der Waals surface area contributed by atoms with Gasteiger partial charge in [0.1, 0.15) is 5.75 Å². The van der Waals surface area contributed by atoms with Gasteiger partial charge in [0.15, 0.2) is 0 Å². The van der Waals surface area contributed by atoms with Crippen molar-refractivity contribution in [2.75, 3.05) is 0 Å². The number of benzene rings is 1. The number of rotatable bonds is 0. The van der Waals surface area contributed by atoms with Crippen LogP contribution in [0.5, 0.6) is 5.75 Å². The van der Waals surface area contributed by atoms with Gasteiger partial charge in [-0.05, 0) is 36.4 Å². The Labute approximate surface area is 99.4 Å². The van der Waals surface area contributed by atoms with Crippen LogP contribution in [0.3, 0.4) is 0 Å². The first-order valence-electron chi connectivity index (χ1n) is 5.26. The molecule has 0 radical (unpaired) electrons. The van der Waals surface area contributed by atoms with Gasteiger partial charge in [-0.15, -0.1) is 0 Å². The number of hydrogen-bond donors (Lipinski definition) is 1. The Kier molecular flexibility index (Phi) is 3.65. The second-order valence-electron chi connectivity index (χ2n) is 3.38. The third kappa shape index (κ3) is 3.28. The fourth-order valence-electron chi connectivity index (χ4n) is 1.33. The third-order valence-electron chi connectivity index (χ3n) is 2.13. The normalized spacial score (nSPS) is 9.41. The number of phenols is 1. The highest BCUT2D eigenvalue weighted by Crippen LogP contribution is 2.04. The second-order valence-corrected chi connectivity index (χ2v) is 3.38. The van der Waals surface area contributed by atoms with Crippen LogP contribution in [-0.4, -0.2) is 15.1 Å². The Hall–Kier alpha value is -2.42. The van der Waals surface area contributed by atoms with E-state index in [-0.39, 0.29) is 0 Å². The highest BCUT2D eigenvalue weighted by molar-refractivity contribution is 5.72. The van der Waals surface area contributed by atoms with Gasteiger partial charge in [0.2, 0.25) is 0 Å². The van der Waals surface area contributed by atoms with Crippen molar-refractivity contribution >= 4 is 11.0 Å². The molecule has 0 aliphatic rings. The predicted octanol–water partition coefficient (Wildman–Crippen LogP) is 3.02. The van der Waals surface area contributed by atoms with Crippen molar-refractivity contribution in [1.29, 1.82) is 0 Å². The van der Waals surface area contributed by atoms with Crippen molar-refractivity contribution in [3.8, 4) is 5.75 Å². The zero-order valence-corrected chi connectivity index (χ0v) is 9.19. The largest absolute Gasteiger partial charge is 0.508 e. The predicted molar refractivity (Wildman–Crippen MR) is 67.6 cm³/mol. The standard InChI is InChI=1S/C8H6N2.C6H6O/c1-3-7-8(9-5-1)4-2-6-10-7;7-6-4-2-1-3-5-6/h1-6H;1-5,7H. The number of pyridine rings is 2. The molecule has 2 heterocycles. The van der Waals surface area contributed by atoms with Crippen LogP contribution in [-0.2, 0) is 0 Å². The molecular weight excluding hydrogens is 212 g/mol. The molecule has 3 heteroatoms. The van der Waals surface area contributed by atoms with Crippen molar-refractivity contribution in [2.45, 2.75) is 0 Å². The fourth-order valence-corrected chi connectivity index (χ4v) is 1.33. The van der Waals surface area contributed by atoms with Gasteiger partial charge in [0.25, 0.3) is 0 Å².